The van der Waals surface area contributed by atoms with Crippen molar-refractivity contribution in [2.45, 2.75) is 296 Å². The molecule has 6 nitrogen and oxygen atoms in total. The van der Waals surface area contributed by atoms with Crippen molar-refractivity contribution in [3.05, 3.63) is 24.3 Å². The number of carbonyl (C=O) groups excluding carboxylic acids is 2. The second kappa shape index (κ2) is 50.0. The van der Waals surface area contributed by atoms with Crippen LogP contribution in [0.25, 0.3) is 0 Å². The van der Waals surface area contributed by atoms with Gasteiger partial charge in [-0.05, 0) is 57.8 Å². The first-order valence-corrected chi connectivity index (χ1v) is 26.6. The summed E-state index contributed by atoms with van der Waals surface area (Å²) < 4.78 is 5.45. The number of aliphatic hydroxyl groups is 2. The van der Waals surface area contributed by atoms with Gasteiger partial charge in [0.25, 0.3) is 0 Å². The summed E-state index contributed by atoms with van der Waals surface area (Å²) in [6, 6.07) is -0.559. The van der Waals surface area contributed by atoms with Crippen LogP contribution in [-0.2, 0) is 14.3 Å². The van der Waals surface area contributed by atoms with E-state index < -0.39 is 12.1 Å². The fraction of sp³-hybridized carbons (Fsp3) is 0.889. The Hall–Kier alpha value is -1.66. The van der Waals surface area contributed by atoms with Crippen molar-refractivity contribution in [2.24, 2.45) is 0 Å². The number of nitrogens with one attached hydrogen (secondary N) is 1. The molecule has 0 radical (unpaired) electrons. The van der Waals surface area contributed by atoms with Gasteiger partial charge in [0.05, 0.1) is 25.4 Å². The van der Waals surface area contributed by atoms with Crippen LogP contribution in [0.1, 0.15) is 284 Å². The van der Waals surface area contributed by atoms with Crippen molar-refractivity contribution in [3.63, 3.8) is 0 Å². The van der Waals surface area contributed by atoms with Gasteiger partial charge in [-0.2, -0.15) is 0 Å². The van der Waals surface area contributed by atoms with Gasteiger partial charge in [-0.25, -0.2) is 0 Å². The highest BCUT2D eigenvalue weighted by atomic mass is 16.5. The lowest BCUT2D eigenvalue weighted by atomic mass is 10.0. The van der Waals surface area contributed by atoms with Gasteiger partial charge >= 0.3 is 5.97 Å². The van der Waals surface area contributed by atoms with Crippen molar-refractivity contribution < 1.29 is 24.5 Å². The minimum Gasteiger partial charge on any atom is -0.466 e. The zero-order chi connectivity index (χ0) is 43.7. The van der Waals surface area contributed by atoms with Gasteiger partial charge in [-0.1, -0.05) is 237 Å². The van der Waals surface area contributed by atoms with Crippen LogP contribution in [0, 0.1) is 0 Å². The Morgan fingerprint density at radius 2 is 0.833 bits per heavy atom. The fourth-order valence-electron chi connectivity index (χ4n) is 8.14. The van der Waals surface area contributed by atoms with Gasteiger partial charge < -0.3 is 20.3 Å². The maximum absolute atomic E-state index is 12.5. The third-order valence-electron chi connectivity index (χ3n) is 12.3. The van der Waals surface area contributed by atoms with Crippen LogP contribution in [0.2, 0.25) is 0 Å². The van der Waals surface area contributed by atoms with Gasteiger partial charge in [0.15, 0.2) is 0 Å². The molecule has 0 bridgehead atoms. The largest absolute Gasteiger partial charge is 0.466 e. The molecule has 6 heteroatoms. The Labute approximate surface area is 373 Å². The van der Waals surface area contributed by atoms with Crippen LogP contribution in [0.15, 0.2) is 24.3 Å². The number of ether oxygens (including phenoxy) is 1. The number of carbonyl (C=O) groups is 2. The van der Waals surface area contributed by atoms with Gasteiger partial charge in [0.2, 0.25) is 5.91 Å². The average Bonchev–Trinajstić information content (AvgIpc) is 3.25. The summed E-state index contributed by atoms with van der Waals surface area (Å²) >= 11 is 0. The number of hydrogen-bond donors (Lipinski definition) is 3. The number of unbranched alkanes of at least 4 members (excludes halogenated alkanes) is 34. The molecule has 3 N–H and O–H groups in total. The monoisotopic (exact) mass is 846 g/mol. The fourth-order valence-corrected chi connectivity index (χ4v) is 8.14. The van der Waals surface area contributed by atoms with Crippen molar-refractivity contribution in [2.75, 3.05) is 13.2 Å². The van der Waals surface area contributed by atoms with E-state index in [1.54, 1.807) is 0 Å². The van der Waals surface area contributed by atoms with E-state index in [0.717, 1.165) is 70.6 Å². The summed E-state index contributed by atoms with van der Waals surface area (Å²) in [5.41, 5.74) is 0. The molecular weight excluding hydrogens is 743 g/mol. The molecule has 1 amide bonds. The summed E-state index contributed by atoms with van der Waals surface area (Å²) in [7, 11) is 0. The summed E-state index contributed by atoms with van der Waals surface area (Å²) in [5.74, 6) is -0.0894. The number of hydrogen-bond acceptors (Lipinski definition) is 5. The molecule has 0 aliphatic carbocycles. The van der Waals surface area contributed by atoms with Crippen molar-refractivity contribution in [3.8, 4) is 0 Å². The summed E-state index contributed by atoms with van der Waals surface area (Å²) in [5, 5.41) is 23.2. The molecule has 0 aromatic heterocycles. The van der Waals surface area contributed by atoms with E-state index in [1.165, 1.54) is 180 Å². The molecule has 0 fully saturated rings. The van der Waals surface area contributed by atoms with E-state index in [2.05, 4.69) is 43.5 Å². The lowest BCUT2D eigenvalue weighted by molar-refractivity contribution is -0.143. The van der Waals surface area contributed by atoms with E-state index in [9.17, 15) is 19.8 Å². The Balaban J connectivity index is 3.49. The van der Waals surface area contributed by atoms with Crippen LogP contribution >= 0.6 is 0 Å². The highest BCUT2D eigenvalue weighted by molar-refractivity contribution is 5.76. The van der Waals surface area contributed by atoms with Gasteiger partial charge in [-0.3, -0.25) is 9.59 Å². The minimum absolute atomic E-state index is 0.0319. The highest BCUT2D eigenvalue weighted by Crippen LogP contribution is 2.16. The van der Waals surface area contributed by atoms with E-state index in [-0.39, 0.29) is 18.5 Å². The number of aliphatic hydroxyl groups excluding tert-OH is 2. The van der Waals surface area contributed by atoms with Crippen LogP contribution in [0.3, 0.4) is 0 Å². The number of amides is 1. The molecule has 0 aromatic carbocycles. The predicted octanol–water partition coefficient (Wildman–Crippen LogP) is 15.9. The first-order chi connectivity index (χ1) is 29.5. The average molecular weight is 846 g/mol. The van der Waals surface area contributed by atoms with E-state index in [1.807, 2.05) is 0 Å². The first-order valence-electron chi connectivity index (χ1n) is 26.6. The normalized spacial score (nSPS) is 12.8. The molecular formula is C54H103NO5. The molecule has 60 heavy (non-hydrogen) atoms. The number of esters is 1. The van der Waals surface area contributed by atoms with Crippen molar-refractivity contribution in [1.82, 2.24) is 5.32 Å². The van der Waals surface area contributed by atoms with Crippen LogP contribution < -0.4 is 5.32 Å². The zero-order valence-electron chi connectivity index (χ0n) is 40.2. The predicted molar refractivity (Wildman–Crippen MR) is 260 cm³/mol. The molecule has 2 atom stereocenters. The van der Waals surface area contributed by atoms with Crippen LogP contribution in [0.4, 0.5) is 0 Å². The molecule has 354 valence electrons. The van der Waals surface area contributed by atoms with E-state index in [0.29, 0.717) is 25.9 Å². The minimum atomic E-state index is -0.680. The zero-order valence-corrected chi connectivity index (χ0v) is 40.2. The standard InChI is InChI=1S/C54H103NO5/c1-3-5-7-9-11-13-15-17-19-21-22-24-26-30-34-38-42-46-52(57)51(50-56)55-53(58)47-43-39-35-31-28-29-33-37-41-45-49-60-54(59)48-44-40-36-32-27-25-23-20-18-16-14-12-10-8-6-4-2/h14,16,20,23,51-52,56-57H,3-13,15,17-19,21-22,24-50H2,1-2H3,(H,55,58)/b16-14-,23-20-. The number of rotatable bonds is 49. The Bertz CT molecular complexity index is 935. The molecule has 0 saturated carbocycles. The summed E-state index contributed by atoms with van der Waals surface area (Å²) in [6.45, 7) is 4.88. The van der Waals surface area contributed by atoms with E-state index >= 15 is 0 Å². The maximum Gasteiger partial charge on any atom is 0.305 e. The molecule has 0 aliphatic rings. The number of allylic oxidation sites excluding steroid dienone is 4. The Morgan fingerprint density at radius 3 is 1.28 bits per heavy atom. The molecule has 0 rings (SSSR count). The Morgan fingerprint density at radius 1 is 0.467 bits per heavy atom. The maximum atomic E-state index is 12.5. The lowest BCUT2D eigenvalue weighted by Gasteiger charge is -2.22. The summed E-state index contributed by atoms with van der Waals surface area (Å²) in [6.07, 6.45) is 58.6. The summed E-state index contributed by atoms with van der Waals surface area (Å²) in [4.78, 5) is 24.5. The second-order valence-corrected chi connectivity index (χ2v) is 18.2. The lowest BCUT2D eigenvalue weighted by Crippen LogP contribution is -2.45. The third-order valence-corrected chi connectivity index (χ3v) is 12.3. The molecule has 0 saturated heterocycles. The van der Waals surface area contributed by atoms with Crippen molar-refractivity contribution in [1.29, 1.82) is 0 Å². The molecule has 0 heterocycles. The van der Waals surface area contributed by atoms with Crippen LogP contribution in [-0.4, -0.2) is 47.4 Å². The Kier molecular flexibility index (Phi) is 48.6. The van der Waals surface area contributed by atoms with Gasteiger partial charge in [-0.15, -0.1) is 0 Å². The van der Waals surface area contributed by atoms with Gasteiger partial charge in [0, 0.05) is 12.8 Å². The third kappa shape index (κ3) is 45.9. The van der Waals surface area contributed by atoms with E-state index in [4.69, 9.17) is 4.74 Å². The van der Waals surface area contributed by atoms with Gasteiger partial charge in [0.1, 0.15) is 0 Å². The molecule has 0 spiro atoms. The molecule has 0 aromatic rings. The SMILES string of the molecule is CCCCCC/C=C\C/C=C\CCCCCCCC(=O)OCCCCCCCCCCCCC(=O)NC(CO)C(O)CCCCCCCCCCCCCCCCCCC. The quantitative estimate of drug-likeness (QED) is 0.0322. The molecule has 2 unspecified atom stereocenters. The first kappa shape index (κ1) is 58.3. The smallest absolute Gasteiger partial charge is 0.305 e. The highest BCUT2D eigenvalue weighted by Gasteiger charge is 2.20. The second-order valence-electron chi connectivity index (χ2n) is 18.2. The van der Waals surface area contributed by atoms with Crippen molar-refractivity contribution >= 4 is 11.9 Å². The van der Waals surface area contributed by atoms with Crippen LogP contribution in [0.5, 0.6) is 0 Å². The molecule has 0 aliphatic heterocycles. The topological polar surface area (TPSA) is 95.9 Å².